The van der Waals surface area contributed by atoms with Crippen LogP contribution in [0.1, 0.15) is 0 Å². The SMILES string of the molecule is N=c1cc(N)[nH]n1-c1ccccc1. The number of aromatic nitrogens is 2. The van der Waals surface area contributed by atoms with Gasteiger partial charge in [-0.1, -0.05) is 18.2 Å². The molecule has 0 saturated carbocycles. The van der Waals surface area contributed by atoms with Gasteiger partial charge in [0, 0.05) is 6.07 Å². The van der Waals surface area contributed by atoms with Crippen molar-refractivity contribution in [3.8, 4) is 5.69 Å². The molecule has 0 fully saturated rings. The van der Waals surface area contributed by atoms with Gasteiger partial charge in [0.1, 0.15) is 11.3 Å². The number of rotatable bonds is 1. The number of para-hydroxylation sites is 1. The second-order valence-corrected chi connectivity index (χ2v) is 2.77. The smallest absolute Gasteiger partial charge is 0.148 e. The molecule has 4 nitrogen and oxygen atoms in total. The number of nitrogens with two attached hydrogens (primary N) is 1. The fraction of sp³-hybridized carbons (Fsp3) is 0. The van der Waals surface area contributed by atoms with Crippen LogP contribution in [-0.2, 0) is 0 Å². The zero-order chi connectivity index (χ0) is 9.26. The van der Waals surface area contributed by atoms with E-state index in [0.29, 0.717) is 11.3 Å². The highest BCUT2D eigenvalue weighted by Crippen LogP contribution is 2.03. The summed E-state index contributed by atoms with van der Waals surface area (Å²) in [5.74, 6) is 0.494. The van der Waals surface area contributed by atoms with Gasteiger partial charge in [-0.3, -0.25) is 10.5 Å². The largest absolute Gasteiger partial charge is 0.384 e. The molecule has 4 N–H and O–H groups in total. The van der Waals surface area contributed by atoms with E-state index >= 15 is 0 Å². The van der Waals surface area contributed by atoms with E-state index in [2.05, 4.69) is 5.10 Å². The van der Waals surface area contributed by atoms with Gasteiger partial charge >= 0.3 is 0 Å². The van der Waals surface area contributed by atoms with Gasteiger partial charge in [0.25, 0.3) is 0 Å². The Labute approximate surface area is 75.1 Å². The first-order valence-electron chi connectivity index (χ1n) is 3.95. The molecule has 2 rings (SSSR count). The van der Waals surface area contributed by atoms with Crippen molar-refractivity contribution in [1.29, 1.82) is 5.41 Å². The zero-order valence-electron chi connectivity index (χ0n) is 6.99. The molecule has 2 aromatic rings. The van der Waals surface area contributed by atoms with Gasteiger partial charge in [-0.2, -0.15) is 0 Å². The van der Waals surface area contributed by atoms with Crippen LogP contribution in [0.4, 0.5) is 5.82 Å². The fourth-order valence-corrected chi connectivity index (χ4v) is 1.21. The molecule has 0 bridgehead atoms. The molecule has 1 heterocycles. The number of benzene rings is 1. The van der Waals surface area contributed by atoms with Gasteiger partial charge in [-0.05, 0) is 12.1 Å². The quantitative estimate of drug-likeness (QED) is 0.589. The van der Waals surface area contributed by atoms with Crippen molar-refractivity contribution in [2.45, 2.75) is 0 Å². The van der Waals surface area contributed by atoms with Crippen molar-refractivity contribution in [3.05, 3.63) is 41.9 Å². The molecule has 1 aromatic heterocycles. The third kappa shape index (κ3) is 1.33. The van der Waals surface area contributed by atoms with Crippen LogP contribution in [0.2, 0.25) is 0 Å². The van der Waals surface area contributed by atoms with Gasteiger partial charge in [0.2, 0.25) is 0 Å². The van der Waals surface area contributed by atoms with Gasteiger partial charge in [-0.15, -0.1) is 0 Å². The van der Waals surface area contributed by atoms with E-state index in [1.165, 1.54) is 0 Å². The number of nitrogens with zero attached hydrogens (tertiary/aromatic N) is 1. The standard InChI is InChI=1S/C9H10N4/c10-8-6-9(11)13(12-8)7-4-2-1-3-5-7/h1-6,11-12H,10H2. The molecule has 13 heavy (non-hydrogen) atoms. The number of nitrogen functional groups attached to an aromatic ring is 1. The van der Waals surface area contributed by atoms with Crippen LogP contribution in [0.15, 0.2) is 36.4 Å². The van der Waals surface area contributed by atoms with E-state index in [-0.39, 0.29) is 0 Å². The highest BCUT2D eigenvalue weighted by molar-refractivity contribution is 5.33. The van der Waals surface area contributed by atoms with Gasteiger partial charge in [-0.25, -0.2) is 4.68 Å². The Balaban J connectivity index is 2.59. The topological polar surface area (TPSA) is 70.6 Å². The Bertz CT molecular complexity index is 452. The lowest BCUT2D eigenvalue weighted by Crippen LogP contribution is -2.13. The molecule has 0 aliphatic heterocycles. The number of nitrogens with one attached hydrogen (secondary N) is 2. The minimum Gasteiger partial charge on any atom is -0.384 e. The Kier molecular flexibility index (Phi) is 1.66. The first-order chi connectivity index (χ1) is 6.27. The van der Waals surface area contributed by atoms with E-state index in [1.54, 1.807) is 10.7 Å². The van der Waals surface area contributed by atoms with Crippen molar-refractivity contribution >= 4 is 5.82 Å². The molecule has 0 radical (unpaired) electrons. The third-order valence-electron chi connectivity index (χ3n) is 1.79. The van der Waals surface area contributed by atoms with Crippen LogP contribution in [0.25, 0.3) is 5.69 Å². The molecular weight excluding hydrogens is 164 g/mol. The number of anilines is 1. The minimum absolute atomic E-state index is 0.351. The first-order valence-corrected chi connectivity index (χ1v) is 3.95. The molecule has 66 valence electrons. The van der Waals surface area contributed by atoms with Crippen LogP contribution in [0.3, 0.4) is 0 Å². The number of hydrogen-bond acceptors (Lipinski definition) is 2. The first kappa shape index (κ1) is 7.67. The molecule has 0 atom stereocenters. The zero-order valence-corrected chi connectivity index (χ0v) is 6.99. The molecule has 4 heteroatoms. The molecular formula is C9H10N4. The molecule has 0 spiro atoms. The Hall–Kier alpha value is -1.97. The van der Waals surface area contributed by atoms with E-state index in [4.69, 9.17) is 11.1 Å². The fourth-order valence-electron chi connectivity index (χ4n) is 1.21. The lowest BCUT2D eigenvalue weighted by molar-refractivity contribution is 0.820. The van der Waals surface area contributed by atoms with Gasteiger partial charge < -0.3 is 5.73 Å². The summed E-state index contributed by atoms with van der Waals surface area (Å²) in [6, 6.07) is 11.2. The van der Waals surface area contributed by atoms with Crippen molar-refractivity contribution in [2.75, 3.05) is 5.73 Å². The lowest BCUT2D eigenvalue weighted by Gasteiger charge is -2.00. The van der Waals surface area contributed by atoms with Crippen LogP contribution in [-0.4, -0.2) is 9.78 Å². The Morgan fingerprint density at radius 2 is 1.92 bits per heavy atom. The van der Waals surface area contributed by atoms with E-state index in [9.17, 15) is 0 Å². The summed E-state index contributed by atoms with van der Waals surface area (Å²) >= 11 is 0. The molecule has 0 aliphatic carbocycles. The summed E-state index contributed by atoms with van der Waals surface area (Å²) < 4.78 is 1.62. The molecule has 0 saturated heterocycles. The molecule has 0 amide bonds. The third-order valence-corrected chi connectivity index (χ3v) is 1.79. The predicted molar refractivity (Wildman–Crippen MR) is 50.4 cm³/mol. The van der Waals surface area contributed by atoms with Crippen molar-refractivity contribution in [2.24, 2.45) is 0 Å². The summed E-state index contributed by atoms with van der Waals surface area (Å²) in [6.07, 6.45) is 0. The van der Waals surface area contributed by atoms with Crippen molar-refractivity contribution in [1.82, 2.24) is 9.78 Å². The molecule has 1 aromatic carbocycles. The number of aromatic amines is 1. The maximum Gasteiger partial charge on any atom is 0.148 e. The Morgan fingerprint density at radius 3 is 2.46 bits per heavy atom. The van der Waals surface area contributed by atoms with Gasteiger partial charge in [0.05, 0.1) is 5.69 Å². The van der Waals surface area contributed by atoms with Crippen LogP contribution < -0.4 is 11.2 Å². The molecule has 0 unspecified atom stereocenters. The lowest BCUT2D eigenvalue weighted by atomic mass is 10.3. The number of H-pyrrole nitrogens is 1. The normalized spacial score (nSPS) is 10.2. The molecule has 0 aliphatic rings. The number of hydrogen-bond donors (Lipinski definition) is 3. The van der Waals surface area contributed by atoms with Crippen molar-refractivity contribution in [3.63, 3.8) is 0 Å². The highest BCUT2D eigenvalue weighted by atomic mass is 15.3. The summed E-state index contributed by atoms with van der Waals surface area (Å²) in [4.78, 5) is 0. The average Bonchev–Trinajstić information content (AvgIpc) is 2.47. The van der Waals surface area contributed by atoms with Crippen LogP contribution >= 0.6 is 0 Å². The van der Waals surface area contributed by atoms with E-state index in [0.717, 1.165) is 5.69 Å². The highest BCUT2D eigenvalue weighted by Gasteiger charge is 1.97. The monoisotopic (exact) mass is 174 g/mol. The predicted octanol–water partition coefficient (Wildman–Crippen LogP) is 0.867. The summed E-state index contributed by atoms with van der Waals surface area (Å²) in [6.45, 7) is 0. The summed E-state index contributed by atoms with van der Waals surface area (Å²) in [7, 11) is 0. The maximum absolute atomic E-state index is 7.58. The minimum atomic E-state index is 0.351. The second-order valence-electron chi connectivity index (χ2n) is 2.77. The van der Waals surface area contributed by atoms with Crippen molar-refractivity contribution < 1.29 is 0 Å². The van der Waals surface area contributed by atoms with Gasteiger partial charge in [0.15, 0.2) is 0 Å². The van der Waals surface area contributed by atoms with Crippen LogP contribution in [0, 0.1) is 5.41 Å². The van der Waals surface area contributed by atoms with E-state index in [1.807, 2.05) is 30.3 Å². The second kappa shape index (κ2) is 2.82. The summed E-state index contributed by atoms with van der Waals surface area (Å²) in [5.41, 5.74) is 6.78. The summed E-state index contributed by atoms with van der Waals surface area (Å²) in [5, 5.41) is 10.4. The Morgan fingerprint density at radius 1 is 1.23 bits per heavy atom. The maximum atomic E-state index is 7.58. The van der Waals surface area contributed by atoms with E-state index < -0.39 is 0 Å². The average molecular weight is 174 g/mol. The van der Waals surface area contributed by atoms with Crippen LogP contribution in [0.5, 0.6) is 0 Å².